The number of anilines is 2. The van der Waals surface area contributed by atoms with Crippen molar-refractivity contribution >= 4 is 38.9 Å². The molecule has 0 saturated heterocycles. The quantitative estimate of drug-likeness (QED) is 0.617. The van der Waals surface area contributed by atoms with Gasteiger partial charge < -0.3 is 4.90 Å². The number of carbonyl (C=O) groups is 1. The van der Waals surface area contributed by atoms with Gasteiger partial charge in [-0.25, -0.2) is 8.42 Å². The number of sulfonamides is 1. The molecule has 1 amide bonds. The molecule has 1 aliphatic heterocycles. The second-order valence-electron chi connectivity index (χ2n) is 7.28. The van der Waals surface area contributed by atoms with E-state index in [0.717, 1.165) is 23.2 Å². The number of aryl methyl sites for hydroxylation is 2. The Balaban J connectivity index is 1.64. The lowest BCUT2D eigenvalue weighted by molar-refractivity contribution is 0.0985. The van der Waals surface area contributed by atoms with E-state index in [1.807, 2.05) is 19.1 Å². The summed E-state index contributed by atoms with van der Waals surface area (Å²) in [7, 11) is -3.73. The number of rotatable bonds is 4. The first-order valence-corrected chi connectivity index (χ1v) is 11.5. The van der Waals surface area contributed by atoms with Crippen LogP contribution in [0.25, 0.3) is 0 Å². The first-order chi connectivity index (χ1) is 14.3. The largest absolute Gasteiger partial charge is 0.308 e. The van der Waals surface area contributed by atoms with Gasteiger partial charge in [0.15, 0.2) is 0 Å². The van der Waals surface area contributed by atoms with Crippen molar-refractivity contribution in [3.05, 3.63) is 88.4 Å². The zero-order valence-electron chi connectivity index (χ0n) is 16.4. The number of hydrogen-bond acceptors (Lipinski definition) is 3. The van der Waals surface area contributed by atoms with Crippen LogP contribution in [0.2, 0.25) is 5.02 Å². The molecule has 0 aromatic heterocycles. The minimum Gasteiger partial charge on any atom is -0.308 e. The Bertz CT molecular complexity index is 1210. The Labute approximate surface area is 181 Å². The summed E-state index contributed by atoms with van der Waals surface area (Å²) in [6.45, 7) is 2.44. The standard InChI is InChI=1S/C23H21ClN2O3S/c1-16-5-2-3-7-21(16)25-30(28,29)20-12-13-22-18(15-20)6-4-14-26(22)23(27)17-8-10-19(24)11-9-17/h2-3,5,7-13,15,25H,4,6,14H2,1H3. The van der Waals surface area contributed by atoms with E-state index < -0.39 is 10.0 Å². The molecular weight excluding hydrogens is 420 g/mol. The predicted molar refractivity (Wildman–Crippen MR) is 120 cm³/mol. The normalized spacial score (nSPS) is 13.6. The smallest absolute Gasteiger partial charge is 0.261 e. The monoisotopic (exact) mass is 440 g/mol. The van der Waals surface area contributed by atoms with Crippen molar-refractivity contribution in [1.82, 2.24) is 0 Å². The highest BCUT2D eigenvalue weighted by atomic mass is 35.5. The maximum Gasteiger partial charge on any atom is 0.261 e. The van der Waals surface area contributed by atoms with Crippen LogP contribution in [0, 0.1) is 6.92 Å². The van der Waals surface area contributed by atoms with Gasteiger partial charge in [0.2, 0.25) is 0 Å². The van der Waals surface area contributed by atoms with Crippen molar-refractivity contribution in [1.29, 1.82) is 0 Å². The van der Waals surface area contributed by atoms with E-state index in [0.29, 0.717) is 29.2 Å². The molecule has 3 aromatic carbocycles. The summed E-state index contributed by atoms with van der Waals surface area (Å²) < 4.78 is 28.5. The van der Waals surface area contributed by atoms with Crippen molar-refractivity contribution in [3.8, 4) is 0 Å². The van der Waals surface area contributed by atoms with Gasteiger partial charge in [-0.2, -0.15) is 0 Å². The second-order valence-corrected chi connectivity index (χ2v) is 9.40. The van der Waals surface area contributed by atoms with Gasteiger partial charge in [-0.15, -0.1) is 0 Å². The zero-order chi connectivity index (χ0) is 21.3. The number of nitrogens with zero attached hydrogens (tertiary/aromatic N) is 1. The molecule has 0 saturated carbocycles. The molecule has 1 aliphatic rings. The number of benzene rings is 3. The first-order valence-electron chi connectivity index (χ1n) is 9.64. The fourth-order valence-corrected chi connectivity index (χ4v) is 4.90. The second kappa shape index (κ2) is 8.13. The molecule has 3 aromatic rings. The van der Waals surface area contributed by atoms with Gasteiger partial charge in [0.25, 0.3) is 15.9 Å². The lowest BCUT2D eigenvalue weighted by Crippen LogP contribution is -2.35. The SMILES string of the molecule is Cc1ccccc1NS(=O)(=O)c1ccc2c(c1)CCCN2C(=O)c1ccc(Cl)cc1. The number of carbonyl (C=O) groups excluding carboxylic acids is 1. The molecule has 0 atom stereocenters. The highest BCUT2D eigenvalue weighted by Crippen LogP contribution is 2.31. The summed E-state index contributed by atoms with van der Waals surface area (Å²) in [6.07, 6.45) is 1.48. The Kier molecular flexibility index (Phi) is 5.54. The summed E-state index contributed by atoms with van der Waals surface area (Å²) in [5.41, 5.74) is 3.53. The molecule has 0 spiro atoms. The molecule has 30 heavy (non-hydrogen) atoms. The number of halogens is 1. The lowest BCUT2D eigenvalue weighted by atomic mass is 10.0. The number of hydrogen-bond donors (Lipinski definition) is 1. The summed E-state index contributed by atoms with van der Waals surface area (Å²) in [5.74, 6) is -0.124. The molecule has 4 rings (SSSR count). The van der Waals surface area contributed by atoms with E-state index in [2.05, 4.69) is 4.72 Å². The number of para-hydroxylation sites is 1. The minimum absolute atomic E-state index is 0.124. The van der Waals surface area contributed by atoms with Gasteiger partial charge in [0, 0.05) is 22.8 Å². The summed E-state index contributed by atoms with van der Waals surface area (Å²) in [5, 5.41) is 0.571. The first kappa shape index (κ1) is 20.4. The number of fused-ring (bicyclic) bond motifs is 1. The van der Waals surface area contributed by atoms with Crippen molar-refractivity contribution in [2.45, 2.75) is 24.7 Å². The highest BCUT2D eigenvalue weighted by Gasteiger charge is 2.26. The summed E-state index contributed by atoms with van der Waals surface area (Å²) >= 11 is 5.92. The maximum absolute atomic E-state index is 13.0. The Morgan fingerprint density at radius 1 is 1.03 bits per heavy atom. The van der Waals surface area contributed by atoms with E-state index in [4.69, 9.17) is 11.6 Å². The predicted octanol–water partition coefficient (Wildman–Crippen LogP) is 5.04. The molecule has 1 heterocycles. The van der Waals surface area contributed by atoms with Gasteiger partial charge in [0.05, 0.1) is 10.6 Å². The van der Waals surface area contributed by atoms with Gasteiger partial charge in [-0.05, 0) is 79.4 Å². The third-order valence-electron chi connectivity index (χ3n) is 5.21. The topological polar surface area (TPSA) is 66.5 Å². The molecule has 1 N–H and O–H groups in total. The van der Waals surface area contributed by atoms with Crippen molar-refractivity contribution in [2.24, 2.45) is 0 Å². The van der Waals surface area contributed by atoms with Crippen LogP contribution in [0.3, 0.4) is 0 Å². The van der Waals surface area contributed by atoms with E-state index in [9.17, 15) is 13.2 Å². The Hall–Kier alpha value is -2.83. The average molecular weight is 441 g/mol. The van der Waals surface area contributed by atoms with Crippen LogP contribution in [0.15, 0.2) is 71.6 Å². The van der Waals surface area contributed by atoms with E-state index in [-0.39, 0.29) is 10.8 Å². The van der Waals surface area contributed by atoms with Crippen LogP contribution in [-0.2, 0) is 16.4 Å². The fraction of sp³-hybridized carbons (Fsp3) is 0.174. The molecule has 0 bridgehead atoms. The molecular formula is C23H21ClN2O3S. The van der Waals surface area contributed by atoms with Crippen LogP contribution in [0.1, 0.15) is 27.9 Å². The Morgan fingerprint density at radius 3 is 2.50 bits per heavy atom. The third kappa shape index (κ3) is 4.06. The number of nitrogens with one attached hydrogen (secondary N) is 1. The van der Waals surface area contributed by atoms with Crippen molar-refractivity contribution in [2.75, 3.05) is 16.2 Å². The summed E-state index contributed by atoms with van der Waals surface area (Å²) in [6, 6.07) is 18.9. The number of amides is 1. The molecule has 5 nitrogen and oxygen atoms in total. The van der Waals surface area contributed by atoms with Crippen LogP contribution in [0.5, 0.6) is 0 Å². The molecule has 0 unspecified atom stereocenters. The van der Waals surface area contributed by atoms with E-state index in [1.54, 1.807) is 59.5 Å². The van der Waals surface area contributed by atoms with E-state index >= 15 is 0 Å². The highest BCUT2D eigenvalue weighted by molar-refractivity contribution is 7.92. The van der Waals surface area contributed by atoms with Gasteiger partial charge in [0.1, 0.15) is 0 Å². The molecule has 0 fully saturated rings. The van der Waals surface area contributed by atoms with Crippen LogP contribution < -0.4 is 9.62 Å². The Morgan fingerprint density at radius 2 is 1.77 bits per heavy atom. The van der Waals surface area contributed by atoms with Crippen LogP contribution in [-0.4, -0.2) is 20.9 Å². The third-order valence-corrected chi connectivity index (χ3v) is 6.82. The maximum atomic E-state index is 13.0. The van der Waals surface area contributed by atoms with Gasteiger partial charge in [-0.3, -0.25) is 9.52 Å². The molecule has 0 radical (unpaired) electrons. The van der Waals surface area contributed by atoms with Gasteiger partial charge in [-0.1, -0.05) is 29.8 Å². The average Bonchev–Trinajstić information content (AvgIpc) is 2.74. The fourth-order valence-electron chi connectivity index (χ4n) is 3.59. The minimum atomic E-state index is -3.73. The van der Waals surface area contributed by atoms with Crippen molar-refractivity contribution in [3.63, 3.8) is 0 Å². The van der Waals surface area contributed by atoms with Crippen LogP contribution in [0.4, 0.5) is 11.4 Å². The molecule has 154 valence electrons. The van der Waals surface area contributed by atoms with Gasteiger partial charge >= 0.3 is 0 Å². The van der Waals surface area contributed by atoms with Crippen molar-refractivity contribution < 1.29 is 13.2 Å². The van der Waals surface area contributed by atoms with Crippen LogP contribution >= 0.6 is 11.6 Å². The molecule has 0 aliphatic carbocycles. The molecule has 7 heteroatoms. The lowest BCUT2D eigenvalue weighted by Gasteiger charge is -2.30. The van der Waals surface area contributed by atoms with E-state index in [1.165, 1.54) is 0 Å². The summed E-state index contributed by atoms with van der Waals surface area (Å²) in [4.78, 5) is 14.9. The zero-order valence-corrected chi connectivity index (χ0v) is 18.0.